The molecule has 2 rings (SSSR count). The molecule has 3 amide bonds. The third-order valence-corrected chi connectivity index (χ3v) is 3.63. The van der Waals surface area contributed by atoms with Crippen LogP contribution in [0.2, 0.25) is 0 Å². The maximum atomic E-state index is 12.4. The van der Waals surface area contributed by atoms with Gasteiger partial charge in [-0.15, -0.1) is 0 Å². The summed E-state index contributed by atoms with van der Waals surface area (Å²) in [5.74, 6) is -0.363. The summed E-state index contributed by atoms with van der Waals surface area (Å²) in [6.07, 6.45) is -0.379. The van der Waals surface area contributed by atoms with Crippen molar-refractivity contribution in [1.29, 1.82) is 0 Å². The van der Waals surface area contributed by atoms with Gasteiger partial charge in [-0.25, -0.2) is 4.79 Å². The van der Waals surface area contributed by atoms with Gasteiger partial charge >= 0.3 is 12.0 Å². The van der Waals surface area contributed by atoms with Crippen LogP contribution in [0.15, 0.2) is 24.3 Å². The SMILES string of the molecule is COc1ccc(NNC(=O)C2C(OC(C)=O)CCN2C(N)=O)cc1. The van der Waals surface area contributed by atoms with Gasteiger partial charge in [0.05, 0.1) is 12.8 Å². The number of rotatable bonds is 5. The van der Waals surface area contributed by atoms with E-state index in [1.807, 2.05) is 0 Å². The van der Waals surface area contributed by atoms with Crippen LogP contribution in [-0.4, -0.2) is 48.6 Å². The van der Waals surface area contributed by atoms with E-state index in [0.717, 1.165) is 0 Å². The molecule has 4 N–H and O–H groups in total. The van der Waals surface area contributed by atoms with Gasteiger partial charge in [-0.2, -0.15) is 0 Å². The summed E-state index contributed by atoms with van der Waals surface area (Å²) in [7, 11) is 1.55. The molecule has 1 fully saturated rings. The standard InChI is InChI=1S/C15H20N4O5/c1-9(20)24-12-7-8-19(15(16)22)13(12)14(21)18-17-10-3-5-11(23-2)6-4-10/h3-6,12-13,17H,7-8H2,1-2H3,(H2,16,22)(H,18,21). The molecule has 9 heteroatoms. The molecule has 1 heterocycles. The number of hydrogen-bond acceptors (Lipinski definition) is 6. The van der Waals surface area contributed by atoms with Gasteiger partial charge in [-0.05, 0) is 24.3 Å². The van der Waals surface area contributed by atoms with Crippen LogP contribution in [0.1, 0.15) is 13.3 Å². The number of hydrazine groups is 1. The summed E-state index contributed by atoms with van der Waals surface area (Å²) in [6.45, 7) is 1.49. The number of anilines is 1. The Labute approximate surface area is 139 Å². The summed E-state index contributed by atoms with van der Waals surface area (Å²) in [4.78, 5) is 36.2. The molecule has 0 radical (unpaired) electrons. The lowest BCUT2D eigenvalue weighted by Crippen LogP contribution is -2.53. The summed E-state index contributed by atoms with van der Waals surface area (Å²) >= 11 is 0. The summed E-state index contributed by atoms with van der Waals surface area (Å²) in [5, 5.41) is 0. The average molecular weight is 336 g/mol. The average Bonchev–Trinajstić information content (AvgIpc) is 2.96. The number of nitrogens with two attached hydrogens (primary N) is 1. The zero-order chi connectivity index (χ0) is 17.7. The topological polar surface area (TPSA) is 123 Å². The largest absolute Gasteiger partial charge is 0.497 e. The van der Waals surface area contributed by atoms with E-state index in [0.29, 0.717) is 17.9 Å². The van der Waals surface area contributed by atoms with Crippen LogP contribution in [0.4, 0.5) is 10.5 Å². The van der Waals surface area contributed by atoms with Gasteiger partial charge < -0.3 is 20.1 Å². The highest BCUT2D eigenvalue weighted by molar-refractivity contribution is 5.89. The molecular formula is C15H20N4O5. The number of nitrogens with one attached hydrogen (secondary N) is 2. The van der Waals surface area contributed by atoms with Crippen molar-refractivity contribution >= 4 is 23.6 Å². The van der Waals surface area contributed by atoms with E-state index in [1.165, 1.54) is 11.8 Å². The second-order valence-corrected chi connectivity index (χ2v) is 5.26. The molecule has 0 aromatic heterocycles. The third kappa shape index (κ3) is 4.06. The van der Waals surface area contributed by atoms with E-state index < -0.39 is 30.1 Å². The monoisotopic (exact) mass is 336 g/mol. The maximum Gasteiger partial charge on any atom is 0.315 e. The van der Waals surface area contributed by atoms with Crippen LogP contribution in [-0.2, 0) is 14.3 Å². The number of carbonyl (C=O) groups is 3. The van der Waals surface area contributed by atoms with Crippen molar-refractivity contribution in [3.05, 3.63) is 24.3 Å². The minimum absolute atomic E-state index is 0.244. The predicted octanol–water partition coefficient (Wildman–Crippen LogP) is 0.223. The van der Waals surface area contributed by atoms with Crippen LogP contribution < -0.4 is 21.3 Å². The van der Waals surface area contributed by atoms with E-state index >= 15 is 0 Å². The Balaban J connectivity index is 2.03. The van der Waals surface area contributed by atoms with E-state index in [2.05, 4.69) is 10.9 Å². The first-order valence-electron chi connectivity index (χ1n) is 7.35. The van der Waals surface area contributed by atoms with Crippen molar-refractivity contribution < 1.29 is 23.9 Å². The number of benzene rings is 1. The van der Waals surface area contributed by atoms with Gasteiger partial charge in [0.2, 0.25) is 0 Å². The number of hydrogen-bond donors (Lipinski definition) is 3. The maximum absolute atomic E-state index is 12.4. The minimum atomic E-state index is -0.975. The Morgan fingerprint density at radius 1 is 1.25 bits per heavy atom. The van der Waals surface area contributed by atoms with E-state index in [9.17, 15) is 14.4 Å². The molecule has 9 nitrogen and oxygen atoms in total. The molecule has 1 aromatic rings. The van der Waals surface area contributed by atoms with Crippen molar-refractivity contribution in [2.24, 2.45) is 5.73 Å². The van der Waals surface area contributed by atoms with E-state index in [4.69, 9.17) is 15.2 Å². The molecule has 1 aliphatic rings. The molecule has 0 spiro atoms. The lowest BCUT2D eigenvalue weighted by molar-refractivity contribution is -0.149. The van der Waals surface area contributed by atoms with Crippen LogP contribution in [0.25, 0.3) is 0 Å². The van der Waals surface area contributed by atoms with Gasteiger partial charge in [-0.1, -0.05) is 0 Å². The number of likely N-dealkylation sites (tertiary alicyclic amines) is 1. The molecule has 24 heavy (non-hydrogen) atoms. The molecular weight excluding hydrogens is 316 g/mol. The van der Waals surface area contributed by atoms with Crippen molar-refractivity contribution in [2.75, 3.05) is 19.1 Å². The quantitative estimate of drug-likeness (QED) is 0.522. The second kappa shape index (κ2) is 7.53. The highest BCUT2D eigenvalue weighted by atomic mass is 16.5. The third-order valence-electron chi connectivity index (χ3n) is 3.63. The zero-order valence-electron chi connectivity index (χ0n) is 13.4. The Morgan fingerprint density at radius 2 is 1.92 bits per heavy atom. The number of esters is 1. The fourth-order valence-corrected chi connectivity index (χ4v) is 2.54. The Kier molecular flexibility index (Phi) is 5.46. The molecule has 1 saturated heterocycles. The molecule has 1 aliphatic heterocycles. The van der Waals surface area contributed by atoms with Crippen molar-refractivity contribution in [3.63, 3.8) is 0 Å². The molecule has 130 valence electrons. The van der Waals surface area contributed by atoms with Crippen molar-refractivity contribution in [2.45, 2.75) is 25.5 Å². The van der Waals surface area contributed by atoms with Crippen molar-refractivity contribution in [1.82, 2.24) is 10.3 Å². The van der Waals surface area contributed by atoms with Crippen LogP contribution in [0, 0.1) is 0 Å². The van der Waals surface area contributed by atoms with Gasteiger partial charge in [0.15, 0.2) is 6.04 Å². The smallest absolute Gasteiger partial charge is 0.315 e. The molecule has 1 aromatic carbocycles. The number of ether oxygens (including phenoxy) is 2. The summed E-state index contributed by atoms with van der Waals surface area (Å²) in [5.41, 5.74) is 11.1. The van der Waals surface area contributed by atoms with E-state index in [-0.39, 0.29) is 6.54 Å². The first-order chi connectivity index (χ1) is 11.4. The second-order valence-electron chi connectivity index (χ2n) is 5.26. The molecule has 0 saturated carbocycles. The van der Waals surface area contributed by atoms with E-state index in [1.54, 1.807) is 31.4 Å². The molecule has 0 bridgehead atoms. The van der Waals surface area contributed by atoms with Gasteiger partial charge in [0.25, 0.3) is 5.91 Å². The first kappa shape index (κ1) is 17.4. The summed E-state index contributed by atoms with van der Waals surface area (Å²) < 4.78 is 10.2. The number of nitrogens with zero attached hydrogens (tertiary/aromatic N) is 1. The molecule has 0 aliphatic carbocycles. The fraction of sp³-hybridized carbons (Fsp3) is 0.400. The zero-order valence-corrected chi connectivity index (χ0v) is 13.4. The van der Waals surface area contributed by atoms with Gasteiger partial charge in [-0.3, -0.25) is 20.4 Å². The number of amides is 3. The Hall–Kier alpha value is -2.97. The summed E-state index contributed by atoms with van der Waals surface area (Å²) in [6, 6.07) is 5.15. The fourth-order valence-electron chi connectivity index (χ4n) is 2.54. The van der Waals surface area contributed by atoms with Gasteiger partial charge in [0, 0.05) is 19.9 Å². The molecule has 2 unspecified atom stereocenters. The minimum Gasteiger partial charge on any atom is -0.497 e. The van der Waals surface area contributed by atoms with Gasteiger partial charge in [0.1, 0.15) is 11.9 Å². The normalized spacial score (nSPS) is 19.5. The first-order valence-corrected chi connectivity index (χ1v) is 7.35. The molecule has 2 atom stereocenters. The lowest BCUT2D eigenvalue weighted by Gasteiger charge is -2.25. The lowest BCUT2D eigenvalue weighted by atomic mass is 10.1. The highest BCUT2D eigenvalue weighted by Gasteiger charge is 2.43. The highest BCUT2D eigenvalue weighted by Crippen LogP contribution is 2.21. The number of carbonyl (C=O) groups excluding carboxylic acids is 3. The van der Waals surface area contributed by atoms with Crippen molar-refractivity contribution in [3.8, 4) is 5.75 Å². The Bertz CT molecular complexity index is 619. The number of primary amides is 1. The van der Waals surface area contributed by atoms with Crippen LogP contribution >= 0.6 is 0 Å². The Morgan fingerprint density at radius 3 is 2.46 bits per heavy atom. The number of urea groups is 1. The number of methoxy groups -OCH3 is 1. The van der Waals surface area contributed by atoms with Crippen LogP contribution in [0.5, 0.6) is 5.75 Å². The van der Waals surface area contributed by atoms with Crippen LogP contribution in [0.3, 0.4) is 0 Å². The predicted molar refractivity (Wildman–Crippen MR) is 85.0 cm³/mol.